The fraction of sp³-hybridized carbons (Fsp3) is 0.0714. The third-order valence-electron chi connectivity index (χ3n) is 3.18. The van der Waals surface area contributed by atoms with E-state index < -0.39 is 5.54 Å². The van der Waals surface area contributed by atoms with Crippen LogP contribution in [0.1, 0.15) is 17.0 Å². The van der Waals surface area contributed by atoms with Crippen LogP contribution in [0.25, 0.3) is 0 Å². The number of aromatic nitrogens is 4. The number of nitrogens with two attached hydrogens (primary N) is 1. The highest BCUT2D eigenvalue weighted by molar-refractivity contribution is 5.43. The number of H-pyrrole nitrogens is 1. The smallest absolute Gasteiger partial charge is 0.177 e. The molecule has 5 nitrogen and oxygen atoms in total. The Balaban J connectivity index is 2.23. The summed E-state index contributed by atoms with van der Waals surface area (Å²) in [7, 11) is 0. The quantitative estimate of drug-likeness (QED) is 0.738. The van der Waals surface area contributed by atoms with E-state index in [9.17, 15) is 0 Å². The van der Waals surface area contributed by atoms with Crippen molar-refractivity contribution in [3.05, 3.63) is 77.6 Å². The van der Waals surface area contributed by atoms with Gasteiger partial charge >= 0.3 is 0 Å². The van der Waals surface area contributed by atoms with Crippen LogP contribution in [0.3, 0.4) is 0 Å². The molecule has 19 heavy (non-hydrogen) atoms. The standard InChI is InChI=1S/C14H13N5/c15-14(13-16-18-19-17-13,11-7-3-1-4-8-11)12-9-5-2-6-10-12/h1-10H,15H2,(H,16,17,18,19). The molecule has 5 heteroatoms. The molecular weight excluding hydrogens is 238 g/mol. The number of benzene rings is 2. The van der Waals surface area contributed by atoms with Crippen LogP contribution in [-0.4, -0.2) is 20.6 Å². The summed E-state index contributed by atoms with van der Waals surface area (Å²) < 4.78 is 0. The largest absolute Gasteiger partial charge is 0.311 e. The minimum Gasteiger partial charge on any atom is -0.311 e. The molecule has 0 aliphatic heterocycles. The Labute approximate surface area is 110 Å². The molecule has 3 aromatic rings. The Kier molecular flexibility index (Phi) is 2.81. The summed E-state index contributed by atoms with van der Waals surface area (Å²) in [6.45, 7) is 0. The van der Waals surface area contributed by atoms with E-state index in [1.807, 2.05) is 60.7 Å². The first-order chi connectivity index (χ1) is 9.32. The Morgan fingerprint density at radius 1 is 0.842 bits per heavy atom. The van der Waals surface area contributed by atoms with E-state index in [1.165, 1.54) is 0 Å². The topological polar surface area (TPSA) is 80.5 Å². The summed E-state index contributed by atoms with van der Waals surface area (Å²) in [5.41, 5.74) is 7.61. The molecule has 0 aliphatic rings. The second kappa shape index (κ2) is 4.62. The Hall–Kier alpha value is -2.53. The molecule has 0 aliphatic carbocycles. The minimum absolute atomic E-state index is 0.518. The molecule has 0 fully saturated rings. The lowest BCUT2D eigenvalue weighted by atomic mass is 9.83. The van der Waals surface area contributed by atoms with Crippen molar-refractivity contribution in [2.75, 3.05) is 0 Å². The Bertz CT molecular complexity index is 595. The lowest BCUT2D eigenvalue weighted by Crippen LogP contribution is -2.40. The van der Waals surface area contributed by atoms with Crippen molar-refractivity contribution in [1.82, 2.24) is 20.6 Å². The van der Waals surface area contributed by atoms with E-state index in [1.54, 1.807) is 0 Å². The predicted molar refractivity (Wildman–Crippen MR) is 71.1 cm³/mol. The molecule has 1 aromatic heterocycles. The number of nitrogens with zero attached hydrogens (tertiary/aromatic N) is 3. The molecule has 0 unspecified atom stereocenters. The van der Waals surface area contributed by atoms with Crippen molar-refractivity contribution in [3.8, 4) is 0 Å². The van der Waals surface area contributed by atoms with Crippen LogP contribution in [0.5, 0.6) is 0 Å². The van der Waals surface area contributed by atoms with Gasteiger partial charge in [-0.2, -0.15) is 0 Å². The molecule has 2 aromatic carbocycles. The van der Waals surface area contributed by atoms with Gasteiger partial charge in [0.05, 0.1) is 0 Å². The first kappa shape index (κ1) is 11.6. The SMILES string of the molecule is NC(c1ccccc1)(c1ccccc1)c1nnn[nH]1. The van der Waals surface area contributed by atoms with Crippen LogP contribution in [0.4, 0.5) is 0 Å². The van der Waals surface area contributed by atoms with Gasteiger partial charge in [0.25, 0.3) is 0 Å². The number of tetrazole rings is 1. The molecule has 0 spiro atoms. The second-order valence-electron chi connectivity index (χ2n) is 4.29. The van der Waals surface area contributed by atoms with Crippen LogP contribution in [-0.2, 0) is 5.54 Å². The van der Waals surface area contributed by atoms with Gasteiger partial charge in [-0.25, -0.2) is 5.10 Å². The molecular formula is C14H13N5. The van der Waals surface area contributed by atoms with Crippen LogP contribution in [0.2, 0.25) is 0 Å². The van der Waals surface area contributed by atoms with Crippen LogP contribution >= 0.6 is 0 Å². The Morgan fingerprint density at radius 2 is 1.37 bits per heavy atom. The summed E-state index contributed by atoms with van der Waals surface area (Å²) in [5, 5.41) is 14.1. The summed E-state index contributed by atoms with van der Waals surface area (Å²) in [4.78, 5) is 0. The Morgan fingerprint density at radius 3 is 1.79 bits per heavy atom. The molecule has 0 radical (unpaired) electrons. The van der Waals surface area contributed by atoms with Crippen LogP contribution in [0, 0.1) is 0 Å². The normalized spacial score (nSPS) is 11.4. The van der Waals surface area contributed by atoms with Gasteiger partial charge < -0.3 is 5.73 Å². The van der Waals surface area contributed by atoms with Crippen molar-refractivity contribution < 1.29 is 0 Å². The zero-order valence-electron chi connectivity index (χ0n) is 10.2. The third kappa shape index (κ3) is 1.90. The molecule has 0 atom stereocenters. The highest BCUT2D eigenvalue weighted by Crippen LogP contribution is 2.31. The molecule has 0 saturated carbocycles. The van der Waals surface area contributed by atoms with Gasteiger partial charge in [0.15, 0.2) is 5.82 Å². The summed E-state index contributed by atoms with van der Waals surface area (Å²) in [5.74, 6) is 0.518. The molecule has 0 saturated heterocycles. The van der Waals surface area contributed by atoms with E-state index >= 15 is 0 Å². The van der Waals surface area contributed by atoms with Gasteiger partial charge in [-0.1, -0.05) is 60.7 Å². The highest BCUT2D eigenvalue weighted by atomic mass is 15.5. The maximum Gasteiger partial charge on any atom is 0.177 e. The zero-order valence-corrected chi connectivity index (χ0v) is 10.2. The second-order valence-corrected chi connectivity index (χ2v) is 4.29. The minimum atomic E-state index is -0.883. The van der Waals surface area contributed by atoms with E-state index in [4.69, 9.17) is 5.73 Å². The van der Waals surface area contributed by atoms with Gasteiger partial charge in [0.1, 0.15) is 5.54 Å². The first-order valence-electron chi connectivity index (χ1n) is 5.96. The zero-order chi connectivity index (χ0) is 13.1. The van der Waals surface area contributed by atoms with Crippen molar-refractivity contribution >= 4 is 0 Å². The number of rotatable bonds is 3. The van der Waals surface area contributed by atoms with E-state index in [-0.39, 0.29) is 0 Å². The molecule has 3 N–H and O–H groups in total. The number of aromatic amines is 1. The third-order valence-corrected chi connectivity index (χ3v) is 3.18. The van der Waals surface area contributed by atoms with Gasteiger partial charge in [0.2, 0.25) is 0 Å². The van der Waals surface area contributed by atoms with Crippen LogP contribution < -0.4 is 5.73 Å². The monoisotopic (exact) mass is 251 g/mol. The summed E-state index contributed by atoms with van der Waals surface area (Å²) >= 11 is 0. The first-order valence-corrected chi connectivity index (χ1v) is 5.96. The molecule has 0 bridgehead atoms. The maximum absolute atomic E-state index is 6.63. The van der Waals surface area contributed by atoms with Crippen LogP contribution in [0.15, 0.2) is 60.7 Å². The van der Waals surface area contributed by atoms with Crippen molar-refractivity contribution in [2.24, 2.45) is 5.73 Å². The maximum atomic E-state index is 6.63. The average Bonchev–Trinajstić information content (AvgIpc) is 3.03. The number of nitrogens with one attached hydrogen (secondary N) is 1. The fourth-order valence-electron chi connectivity index (χ4n) is 2.17. The fourth-order valence-corrected chi connectivity index (χ4v) is 2.17. The van der Waals surface area contributed by atoms with Crippen molar-refractivity contribution in [1.29, 1.82) is 0 Å². The van der Waals surface area contributed by atoms with Crippen molar-refractivity contribution in [3.63, 3.8) is 0 Å². The van der Waals surface area contributed by atoms with E-state index in [0.29, 0.717) is 5.82 Å². The number of hydrogen-bond donors (Lipinski definition) is 2. The van der Waals surface area contributed by atoms with E-state index in [2.05, 4.69) is 20.6 Å². The summed E-state index contributed by atoms with van der Waals surface area (Å²) in [6.07, 6.45) is 0. The van der Waals surface area contributed by atoms with Gasteiger partial charge in [0, 0.05) is 0 Å². The van der Waals surface area contributed by atoms with Gasteiger partial charge in [-0.15, -0.1) is 5.10 Å². The van der Waals surface area contributed by atoms with Gasteiger partial charge in [-0.3, -0.25) is 0 Å². The molecule has 94 valence electrons. The number of hydrogen-bond acceptors (Lipinski definition) is 4. The van der Waals surface area contributed by atoms with E-state index in [0.717, 1.165) is 11.1 Å². The molecule has 3 rings (SSSR count). The molecule has 1 heterocycles. The lowest BCUT2D eigenvalue weighted by molar-refractivity contribution is 0.603. The van der Waals surface area contributed by atoms with Gasteiger partial charge in [-0.05, 0) is 21.6 Å². The lowest BCUT2D eigenvalue weighted by Gasteiger charge is -2.27. The summed E-state index contributed by atoms with van der Waals surface area (Å²) in [6, 6.07) is 19.6. The molecule has 0 amide bonds. The average molecular weight is 251 g/mol. The highest BCUT2D eigenvalue weighted by Gasteiger charge is 2.35. The van der Waals surface area contributed by atoms with Crippen molar-refractivity contribution in [2.45, 2.75) is 5.54 Å². The predicted octanol–water partition coefficient (Wildman–Crippen LogP) is 1.45.